The number of carbonyl (C=O) groups is 1. The normalized spacial score (nSPS) is 18.7. The number of nitrogens with zero attached hydrogens (tertiary/aromatic N) is 1. The molecule has 2 rings (SSSR count). The minimum atomic E-state index is -0.322. The van der Waals surface area contributed by atoms with Crippen molar-refractivity contribution in [3.63, 3.8) is 0 Å². The lowest BCUT2D eigenvalue weighted by Gasteiger charge is -2.33. The summed E-state index contributed by atoms with van der Waals surface area (Å²) in [6.07, 6.45) is 3.35. The van der Waals surface area contributed by atoms with Crippen molar-refractivity contribution in [2.24, 2.45) is 11.7 Å². The zero-order chi connectivity index (χ0) is 13.1. The maximum absolute atomic E-state index is 12.2. The Morgan fingerprint density at radius 3 is 2.72 bits per heavy atom. The average Bonchev–Trinajstić information content (AvgIpc) is 2.38. The van der Waals surface area contributed by atoms with Gasteiger partial charge in [-0.3, -0.25) is 9.59 Å². The summed E-state index contributed by atoms with van der Waals surface area (Å²) in [6.45, 7) is 3.36. The van der Waals surface area contributed by atoms with E-state index in [1.54, 1.807) is 17.0 Å². The zero-order valence-corrected chi connectivity index (χ0v) is 10.6. The maximum atomic E-state index is 12.2. The fourth-order valence-corrected chi connectivity index (χ4v) is 2.39. The van der Waals surface area contributed by atoms with Crippen molar-refractivity contribution in [3.05, 3.63) is 34.2 Å². The van der Waals surface area contributed by atoms with Gasteiger partial charge in [-0.15, -0.1) is 0 Å². The molecule has 5 heteroatoms. The topological polar surface area (TPSA) is 79.2 Å². The van der Waals surface area contributed by atoms with Crippen LogP contribution in [0, 0.1) is 5.92 Å². The van der Waals surface area contributed by atoms with E-state index < -0.39 is 0 Å². The number of aromatic nitrogens is 1. The van der Waals surface area contributed by atoms with E-state index in [1.807, 2.05) is 6.92 Å². The van der Waals surface area contributed by atoms with Gasteiger partial charge in [0.05, 0.1) is 0 Å². The number of pyridine rings is 1. The number of amides is 1. The molecule has 1 fully saturated rings. The van der Waals surface area contributed by atoms with Crippen LogP contribution in [0.5, 0.6) is 0 Å². The third-order valence-corrected chi connectivity index (χ3v) is 3.62. The predicted molar refractivity (Wildman–Crippen MR) is 69.3 cm³/mol. The number of nitrogens with one attached hydrogen (secondary N) is 1. The van der Waals surface area contributed by atoms with Crippen molar-refractivity contribution >= 4 is 5.91 Å². The van der Waals surface area contributed by atoms with Gasteiger partial charge >= 0.3 is 0 Å². The first-order valence-electron chi connectivity index (χ1n) is 6.32. The van der Waals surface area contributed by atoms with Gasteiger partial charge in [0, 0.05) is 25.3 Å². The van der Waals surface area contributed by atoms with Gasteiger partial charge in [-0.25, -0.2) is 0 Å². The summed E-state index contributed by atoms with van der Waals surface area (Å²) in [5.74, 6) is 0.295. The molecule has 5 nitrogen and oxygen atoms in total. The highest BCUT2D eigenvalue weighted by Gasteiger charge is 2.26. The third kappa shape index (κ3) is 2.61. The lowest BCUT2D eigenvalue weighted by atomic mass is 9.91. The second-order valence-electron chi connectivity index (χ2n) is 4.90. The number of nitrogens with two attached hydrogens (primary N) is 1. The van der Waals surface area contributed by atoms with Crippen molar-refractivity contribution in [3.8, 4) is 0 Å². The lowest BCUT2D eigenvalue weighted by Crippen LogP contribution is -2.43. The molecule has 1 amide bonds. The van der Waals surface area contributed by atoms with Gasteiger partial charge in [-0.1, -0.05) is 0 Å². The van der Waals surface area contributed by atoms with Gasteiger partial charge in [0.2, 0.25) is 0 Å². The first kappa shape index (κ1) is 12.8. The number of likely N-dealkylation sites (tertiary alicyclic amines) is 1. The largest absolute Gasteiger partial charge is 0.338 e. The molecule has 2 heterocycles. The van der Waals surface area contributed by atoms with Crippen LogP contribution in [0.25, 0.3) is 0 Å². The summed E-state index contributed by atoms with van der Waals surface area (Å²) in [5, 5.41) is 0. The SMILES string of the molecule is CC(N)C1CCN(C(=O)c2ccc[nH]c2=O)CC1. The predicted octanol–water partition coefficient (Wildman–Crippen LogP) is 0.574. The lowest BCUT2D eigenvalue weighted by molar-refractivity contribution is 0.0679. The molecule has 1 atom stereocenters. The van der Waals surface area contributed by atoms with Gasteiger partial charge in [-0.2, -0.15) is 0 Å². The van der Waals surface area contributed by atoms with E-state index in [1.165, 1.54) is 6.20 Å². The summed E-state index contributed by atoms with van der Waals surface area (Å²) in [5.41, 5.74) is 5.76. The van der Waals surface area contributed by atoms with Crippen molar-refractivity contribution in [2.45, 2.75) is 25.8 Å². The Labute approximate surface area is 106 Å². The second-order valence-corrected chi connectivity index (χ2v) is 4.90. The van der Waals surface area contributed by atoms with Crippen LogP contribution >= 0.6 is 0 Å². The van der Waals surface area contributed by atoms with E-state index in [0.717, 1.165) is 12.8 Å². The fourth-order valence-electron chi connectivity index (χ4n) is 2.39. The first-order valence-corrected chi connectivity index (χ1v) is 6.32. The molecule has 1 aliphatic heterocycles. The summed E-state index contributed by atoms with van der Waals surface area (Å²) < 4.78 is 0. The van der Waals surface area contributed by atoms with E-state index >= 15 is 0 Å². The second kappa shape index (κ2) is 5.35. The van der Waals surface area contributed by atoms with Crippen LogP contribution in [0.4, 0.5) is 0 Å². The van der Waals surface area contributed by atoms with Crippen LogP contribution in [0.15, 0.2) is 23.1 Å². The van der Waals surface area contributed by atoms with E-state index in [4.69, 9.17) is 5.73 Å². The van der Waals surface area contributed by atoms with Gasteiger partial charge in [0.15, 0.2) is 0 Å². The summed E-state index contributed by atoms with van der Waals surface area (Å²) in [4.78, 5) is 28.0. The number of hydrogen-bond acceptors (Lipinski definition) is 3. The quantitative estimate of drug-likeness (QED) is 0.804. The molecule has 3 N–H and O–H groups in total. The van der Waals surface area contributed by atoms with Gasteiger partial charge in [0.25, 0.3) is 11.5 Å². The minimum absolute atomic E-state index is 0.169. The van der Waals surface area contributed by atoms with Crippen molar-refractivity contribution < 1.29 is 4.79 Å². The van der Waals surface area contributed by atoms with Crippen LogP contribution in [-0.2, 0) is 0 Å². The fraction of sp³-hybridized carbons (Fsp3) is 0.538. The van der Waals surface area contributed by atoms with Crippen LogP contribution in [0.3, 0.4) is 0 Å². The van der Waals surface area contributed by atoms with E-state index in [2.05, 4.69) is 4.98 Å². The maximum Gasteiger partial charge on any atom is 0.260 e. The Morgan fingerprint density at radius 2 is 2.17 bits per heavy atom. The van der Waals surface area contributed by atoms with Gasteiger partial charge in [-0.05, 0) is 37.8 Å². The monoisotopic (exact) mass is 249 g/mol. The highest BCUT2D eigenvalue weighted by atomic mass is 16.2. The van der Waals surface area contributed by atoms with Gasteiger partial charge < -0.3 is 15.6 Å². The Balaban J connectivity index is 2.04. The summed E-state index contributed by atoms with van der Waals surface area (Å²) in [7, 11) is 0. The third-order valence-electron chi connectivity index (χ3n) is 3.62. The highest BCUT2D eigenvalue weighted by molar-refractivity contribution is 5.93. The molecule has 98 valence electrons. The Morgan fingerprint density at radius 1 is 1.50 bits per heavy atom. The molecule has 0 spiro atoms. The van der Waals surface area contributed by atoms with Crippen molar-refractivity contribution in [1.82, 2.24) is 9.88 Å². The Hall–Kier alpha value is -1.62. The molecule has 1 aliphatic rings. The molecule has 1 saturated heterocycles. The van der Waals surface area contributed by atoms with Crippen LogP contribution in [-0.4, -0.2) is 34.9 Å². The molecule has 1 aromatic heterocycles. The molecule has 0 radical (unpaired) electrons. The summed E-state index contributed by atoms with van der Waals surface area (Å²) in [6, 6.07) is 3.41. The number of H-pyrrole nitrogens is 1. The molecular formula is C13H19N3O2. The number of rotatable bonds is 2. The molecule has 1 aromatic rings. The molecule has 0 aliphatic carbocycles. The van der Waals surface area contributed by atoms with Crippen molar-refractivity contribution in [2.75, 3.05) is 13.1 Å². The highest BCUT2D eigenvalue weighted by Crippen LogP contribution is 2.20. The molecule has 0 aromatic carbocycles. The van der Waals surface area contributed by atoms with Crippen LogP contribution in [0.2, 0.25) is 0 Å². The number of aromatic amines is 1. The van der Waals surface area contributed by atoms with E-state index in [0.29, 0.717) is 19.0 Å². The average molecular weight is 249 g/mol. The summed E-state index contributed by atoms with van der Waals surface area (Å²) >= 11 is 0. The minimum Gasteiger partial charge on any atom is -0.338 e. The van der Waals surface area contributed by atoms with Crippen LogP contribution in [0.1, 0.15) is 30.1 Å². The van der Waals surface area contributed by atoms with Crippen molar-refractivity contribution in [1.29, 1.82) is 0 Å². The molecule has 18 heavy (non-hydrogen) atoms. The molecular weight excluding hydrogens is 230 g/mol. The number of hydrogen-bond donors (Lipinski definition) is 2. The molecule has 0 bridgehead atoms. The Kier molecular flexibility index (Phi) is 3.81. The van der Waals surface area contributed by atoms with E-state index in [-0.39, 0.29) is 23.1 Å². The zero-order valence-electron chi connectivity index (χ0n) is 10.6. The number of carbonyl (C=O) groups excluding carboxylic acids is 1. The van der Waals surface area contributed by atoms with E-state index in [9.17, 15) is 9.59 Å². The Bertz CT molecular complexity index is 473. The smallest absolute Gasteiger partial charge is 0.260 e. The number of piperidine rings is 1. The van der Waals surface area contributed by atoms with Crippen LogP contribution < -0.4 is 11.3 Å². The molecule has 1 unspecified atom stereocenters. The first-order chi connectivity index (χ1) is 8.59. The standard InChI is InChI=1S/C13H19N3O2/c1-9(14)10-4-7-16(8-5-10)13(18)11-3-2-6-15-12(11)17/h2-3,6,9-10H,4-5,7-8,14H2,1H3,(H,15,17). The molecule has 0 saturated carbocycles. The van der Waals surface area contributed by atoms with Gasteiger partial charge in [0.1, 0.15) is 5.56 Å².